The van der Waals surface area contributed by atoms with Gasteiger partial charge in [0.15, 0.2) is 11.6 Å². The Kier molecular flexibility index (Phi) is 8.00. The maximum atomic E-state index is 13.9. The number of hydrogen-bond acceptors (Lipinski definition) is 6. The van der Waals surface area contributed by atoms with Crippen LogP contribution in [0.1, 0.15) is 31.0 Å². The van der Waals surface area contributed by atoms with Crippen LogP contribution < -0.4 is 15.1 Å². The Morgan fingerprint density at radius 3 is 2.65 bits per heavy atom. The number of likely N-dealkylation sites (N-methyl/N-ethyl adjacent to an activating group) is 1. The van der Waals surface area contributed by atoms with E-state index in [2.05, 4.69) is 10.3 Å². The number of amides is 1. The van der Waals surface area contributed by atoms with Crippen molar-refractivity contribution in [3.63, 3.8) is 0 Å². The summed E-state index contributed by atoms with van der Waals surface area (Å²) in [5, 5.41) is 13.6. The molecule has 2 aromatic rings. The topological polar surface area (TPSA) is 77.9 Å². The summed E-state index contributed by atoms with van der Waals surface area (Å²) in [5.41, 5.74) is -0.620. The summed E-state index contributed by atoms with van der Waals surface area (Å²) in [6, 6.07) is 3.21. The highest BCUT2D eigenvalue weighted by Crippen LogP contribution is 2.34. The van der Waals surface area contributed by atoms with Crippen LogP contribution >= 0.6 is 0 Å². The van der Waals surface area contributed by atoms with E-state index in [1.165, 1.54) is 22.8 Å². The number of carbonyl (C=O) groups excluding carboxylic acids is 1. The molecule has 1 aromatic heterocycles. The number of pyridine rings is 1. The van der Waals surface area contributed by atoms with Crippen LogP contribution in [0.15, 0.2) is 30.3 Å². The van der Waals surface area contributed by atoms with E-state index in [1.54, 1.807) is 6.92 Å². The number of benzene rings is 1. The van der Waals surface area contributed by atoms with Crippen LogP contribution in [0.3, 0.4) is 0 Å². The molecule has 2 aliphatic rings. The van der Waals surface area contributed by atoms with Gasteiger partial charge in [0.2, 0.25) is 5.91 Å². The van der Waals surface area contributed by atoms with Gasteiger partial charge in [0, 0.05) is 43.2 Å². The van der Waals surface area contributed by atoms with Gasteiger partial charge in [-0.15, -0.1) is 0 Å². The number of aliphatic hydroxyl groups is 1. The van der Waals surface area contributed by atoms with Crippen molar-refractivity contribution in [3.8, 4) is 0 Å². The van der Waals surface area contributed by atoms with Gasteiger partial charge in [-0.2, -0.15) is 13.2 Å². The standard InChI is InChI=1S/C25H29F5N4O3/c1-3-33(17-4-5-18(26)19(27)11-17)24(36)21-10-16(32-20-13-37-7-6-22(20)35)12-34(21)23-9-15(25(28,29)30)8-14(2)31-23/h4-5,8-9,11,16,20-22,32,35H,3,6-7,10,12-13H2,1-2H3/t16-,20+,21-,22+/m0/s1. The number of aliphatic hydroxyl groups excluding tert-OH is 1. The molecule has 1 amide bonds. The van der Waals surface area contributed by atoms with Crippen LogP contribution in [0.25, 0.3) is 0 Å². The zero-order valence-corrected chi connectivity index (χ0v) is 20.4. The van der Waals surface area contributed by atoms with Crippen LogP contribution in [-0.2, 0) is 15.7 Å². The number of aryl methyl sites for hydroxylation is 1. The Balaban J connectivity index is 1.67. The summed E-state index contributed by atoms with van der Waals surface area (Å²) in [6.07, 6.45) is -4.64. The van der Waals surface area contributed by atoms with Gasteiger partial charge < -0.3 is 25.0 Å². The van der Waals surface area contributed by atoms with Crippen molar-refractivity contribution in [2.24, 2.45) is 0 Å². The number of nitrogens with one attached hydrogen (secondary N) is 1. The van der Waals surface area contributed by atoms with Crippen LogP contribution in [0.2, 0.25) is 0 Å². The molecular weight excluding hydrogens is 499 g/mol. The third kappa shape index (κ3) is 6.02. The summed E-state index contributed by atoms with van der Waals surface area (Å²) in [7, 11) is 0. The molecule has 0 aliphatic carbocycles. The number of rotatable bonds is 6. The molecule has 0 unspecified atom stereocenters. The van der Waals surface area contributed by atoms with Gasteiger partial charge in [0.1, 0.15) is 11.9 Å². The summed E-state index contributed by atoms with van der Waals surface area (Å²) in [4.78, 5) is 20.8. The molecule has 37 heavy (non-hydrogen) atoms. The molecular formula is C25H29F5N4O3. The second-order valence-corrected chi connectivity index (χ2v) is 9.34. The molecule has 0 spiro atoms. The summed E-state index contributed by atoms with van der Waals surface area (Å²) in [5.74, 6) is -2.68. The molecule has 7 nitrogen and oxygen atoms in total. The Bertz CT molecular complexity index is 1130. The second-order valence-electron chi connectivity index (χ2n) is 9.34. The quantitative estimate of drug-likeness (QED) is 0.560. The van der Waals surface area contributed by atoms with E-state index < -0.39 is 47.5 Å². The molecule has 0 radical (unpaired) electrons. The molecule has 2 aliphatic heterocycles. The molecule has 0 bridgehead atoms. The first-order valence-corrected chi connectivity index (χ1v) is 12.1. The number of carbonyl (C=O) groups is 1. The van der Waals surface area contributed by atoms with Gasteiger partial charge in [-0.05, 0) is 51.0 Å². The Morgan fingerprint density at radius 1 is 1.24 bits per heavy atom. The van der Waals surface area contributed by atoms with Crippen molar-refractivity contribution in [2.75, 3.05) is 36.1 Å². The maximum Gasteiger partial charge on any atom is 0.416 e. The average molecular weight is 529 g/mol. The molecule has 0 saturated carbocycles. The van der Waals surface area contributed by atoms with Crippen LogP contribution in [-0.4, -0.2) is 66.5 Å². The van der Waals surface area contributed by atoms with Crippen molar-refractivity contribution in [1.82, 2.24) is 10.3 Å². The molecule has 202 valence electrons. The number of aromatic nitrogens is 1. The number of alkyl halides is 3. The molecule has 12 heteroatoms. The Hall–Kier alpha value is -2.83. The van der Waals surface area contributed by atoms with Gasteiger partial charge in [-0.1, -0.05) is 0 Å². The van der Waals surface area contributed by atoms with Crippen molar-refractivity contribution < 1.29 is 36.6 Å². The number of ether oxygens (including phenoxy) is 1. The van der Waals surface area contributed by atoms with Gasteiger partial charge in [-0.25, -0.2) is 13.8 Å². The van der Waals surface area contributed by atoms with Crippen LogP contribution in [0.5, 0.6) is 0 Å². The zero-order chi connectivity index (χ0) is 26.9. The van der Waals surface area contributed by atoms with Crippen molar-refractivity contribution >= 4 is 17.4 Å². The van der Waals surface area contributed by atoms with Gasteiger partial charge in [-0.3, -0.25) is 4.79 Å². The number of hydrogen-bond donors (Lipinski definition) is 2. The van der Waals surface area contributed by atoms with Crippen molar-refractivity contribution in [1.29, 1.82) is 0 Å². The molecule has 4 rings (SSSR count). The molecule has 2 saturated heterocycles. The minimum absolute atomic E-state index is 0.0169. The van der Waals surface area contributed by atoms with E-state index in [9.17, 15) is 31.9 Å². The highest BCUT2D eigenvalue weighted by molar-refractivity contribution is 5.99. The fourth-order valence-corrected chi connectivity index (χ4v) is 4.89. The first kappa shape index (κ1) is 27.2. The van der Waals surface area contributed by atoms with E-state index in [1.807, 2.05) is 0 Å². The largest absolute Gasteiger partial charge is 0.416 e. The first-order chi connectivity index (χ1) is 17.5. The van der Waals surface area contributed by atoms with E-state index in [0.29, 0.717) is 13.0 Å². The lowest BCUT2D eigenvalue weighted by atomic mass is 10.0. The highest BCUT2D eigenvalue weighted by Gasteiger charge is 2.42. The lowest BCUT2D eigenvalue weighted by Crippen LogP contribution is -2.51. The average Bonchev–Trinajstić information content (AvgIpc) is 3.26. The summed E-state index contributed by atoms with van der Waals surface area (Å²) in [6.45, 7) is 4.05. The Morgan fingerprint density at radius 2 is 2.00 bits per heavy atom. The number of anilines is 2. The number of nitrogens with zero attached hydrogens (tertiary/aromatic N) is 3. The molecule has 2 fully saturated rings. The first-order valence-electron chi connectivity index (χ1n) is 12.1. The van der Waals surface area contributed by atoms with Gasteiger partial charge >= 0.3 is 6.18 Å². The van der Waals surface area contributed by atoms with E-state index >= 15 is 0 Å². The van der Waals surface area contributed by atoms with Gasteiger partial charge in [0.25, 0.3) is 0 Å². The van der Waals surface area contributed by atoms with Crippen LogP contribution in [0.4, 0.5) is 33.5 Å². The summed E-state index contributed by atoms with van der Waals surface area (Å²) < 4.78 is 73.5. The molecule has 3 heterocycles. The monoisotopic (exact) mass is 528 g/mol. The fourth-order valence-electron chi connectivity index (χ4n) is 4.89. The predicted molar refractivity (Wildman–Crippen MR) is 126 cm³/mol. The third-order valence-corrected chi connectivity index (χ3v) is 6.71. The molecule has 1 aromatic carbocycles. The van der Waals surface area contributed by atoms with Crippen molar-refractivity contribution in [2.45, 2.75) is 57.1 Å². The zero-order valence-electron chi connectivity index (χ0n) is 20.4. The Labute approximate surface area is 211 Å². The maximum absolute atomic E-state index is 13.9. The normalized spacial score (nSPS) is 24.4. The third-order valence-electron chi connectivity index (χ3n) is 6.71. The molecule has 4 atom stereocenters. The highest BCUT2D eigenvalue weighted by atomic mass is 19.4. The lowest BCUT2D eigenvalue weighted by Gasteiger charge is -2.31. The molecule has 2 N–H and O–H groups in total. The fraction of sp³-hybridized carbons (Fsp3) is 0.520. The van der Waals surface area contributed by atoms with Gasteiger partial charge in [0.05, 0.1) is 24.3 Å². The predicted octanol–water partition coefficient (Wildman–Crippen LogP) is 3.43. The summed E-state index contributed by atoms with van der Waals surface area (Å²) >= 11 is 0. The van der Waals surface area contributed by atoms with Crippen LogP contribution in [0, 0.1) is 18.6 Å². The lowest BCUT2D eigenvalue weighted by molar-refractivity contribution is -0.137. The minimum atomic E-state index is -4.61. The minimum Gasteiger partial charge on any atom is -0.391 e. The SMILES string of the molecule is CCN(C(=O)[C@@H]1C[C@H](N[C@@H]2COCC[C@H]2O)CN1c1cc(C(F)(F)F)cc(C)n1)c1ccc(F)c(F)c1. The van der Waals surface area contributed by atoms with E-state index in [4.69, 9.17) is 4.74 Å². The second kappa shape index (κ2) is 10.9. The van der Waals surface area contributed by atoms with Crippen molar-refractivity contribution in [3.05, 3.63) is 53.2 Å². The smallest absolute Gasteiger partial charge is 0.391 e. The van der Waals surface area contributed by atoms with E-state index in [-0.39, 0.29) is 49.4 Å². The number of halogens is 5. The van der Waals surface area contributed by atoms with E-state index in [0.717, 1.165) is 24.3 Å².